The Morgan fingerprint density at radius 2 is 1.63 bits per heavy atom. The minimum atomic E-state index is -0.167. The molecule has 4 fully saturated rings. The molecule has 162 valence electrons. The van der Waals surface area contributed by atoms with Crippen LogP contribution in [0.2, 0.25) is 0 Å². The van der Waals surface area contributed by atoms with Gasteiger partial charge in [0.25, 0.3) is 0 Å². The van der Waals surface area contributed by atoms with Crippen molar-refractivity contribution >= 4 is 11.8 Å². The first-order valence-corrected chi connectivity index (χ1v) is 12.2. The van der Waals surface area contributed by atoms with Crippen molar-refractivity contribution in [1.29, 1.82) is 0 Å². The summed E-state index contributed by atoms with van der Waals surface area (Å²) in [6.07, 6.45) is 10.8. The van der Waals surface area contributed by atoms with Gasteiger partial charge in [-0.25, -0.2) is 4.79 Å². The fraction of sp³-hybridized carbons (Fsp3) is 0.704. The zero-order valence-electron chi connectivity index (χ0n) is 18.5. The van der Waals surface area contributed by atoms with E-state index in [1.807, 2.05) is 37.3 Å². The molecule has 8 atom stereocenters. The molecule has 3 unspecified atom stereocenters. The molecule has 5 rings (SSSR count). The summed E-state index contributed by atoms with van der Waals surface area (Å²) < 4.78 is 5.94. The molecule has 1 aromatic rings. The highest BCUT2D eigenvalue weighted by atomic mass is 16.5. The maximum Gasteiger partial charge on any atom is 0.338 e. The van der Waals surface area contributed by atoms with Crippen molar-refractivity contribution in [3.05, 3.63) is 35.9 Å². The van der Waals surface area contributed by atoms with Crippen LogP contribution in [0.15, 0.2) is 30.3 Å². The topological polar surface area (TPSA) is 43.4 Å². The lowest BCUT2D eigenvalue weighted by atomic mass is 9.47. The van der Waals surface area contributed by atoms with Crippen molar-refractivity contribution < 1.29 is 14.3 Å². The van der Waals surface area contributed by atoms with E-state index < -0.39 is 0 Å². The number of fused-ring (bicyclic) bond motifs is 5. The zero-order chi connectivity index (χ0) is 20.9. The minimum absolute atomic E-state index is 0.0669. The summed E-state index contributed by atoms with van der Waals surface area (Å²) in [5.41, 5.74) is 1.05. The molecule has 0 bridgehead atoms. The minimum Gasteiger partial charge on any atom is -0.459 e. The lowest BCUT2D eigenvalue weighted by Crippen LogP contribution is -2.52. The Kier molecular flexibility index (Phi) is 5.27. The molecule has 0 aromatic heterocycles. The van der Waals surface area contributed by atoms with Crippen molar-refractivity contribution in [3.63, 3.8) is 0 Å². The van der Waals surface area contributed by atoms with E-state index in [2.05, 4.69) is 6.92 Å². The molecule has 0 saturated heterocycles. The van der Waals surface area contributed by atoms with Gasteiger partial charge >= 0.3 is 5.97 Å². The number of Topliss-reactive ketones (excluding diaryl/α,β-unsaturated/α-hetero) is 1. The average molecular weight is 409 g/mol. The van der Waals surface area contributed by atoms with Crippen molar-refractivity contribution in [2.24, 2.45) is 40.9 Å². The third-order valence-corrected chi connectivity index (χ3v) is 9.74. The molecule has 4 aliphatic rings. The molecule has 0 radical (unpaired) electrons. The van der Waals surface area contributed by atoms with Gasteiger partial charge in [0.2, 0.25) is 0 Å². The Morgan fingerprint density at radius 3 is 2.40 bits per heavy atom. The van der Waals surface area contributed by atoms with Crippen molar-refractivity contribution in [1.82, 2.24) is 0 Å². The maximum absolute atomic E-state index is 12.5. The van der Waals surface area contributed by atoms with E-state index in [-0.39, 0.29) is 12.1 Å². The molecule has 0 spiro atoms. The van der Waals surface area contributed by atoms with Gasteiger partial charge in [-0.05, 0) is 112 Å². The quantitative estimate of drug-likeness (QED) is 0.570. The fourth-order valence-corrected chi connectivity index (χ4v) is 8.28. The lowest BCUT2D eigenvalue weighted by Gasteiger charge is -2.59. The lowest BCUT2D eigenvalue weighted by molar-refractivity contribution is -0.127. The van der Waals surface area contributed by atoms with Crippen LogP contribution in [-0.4, -0.2) is 17.9 Å². The van der Waals surface area contributed by atoms with Crippen molar-refractivity contribution in [2.45, 2.75) is 77.7 Å². The molecule has 4 aliphatic carbocycles. The molecule has 1 aromatic carbocycles. The van der Waals surface area contributed by atoms with Gasteiger partial charge in [-0.15, -0.1) is 0 Å². The van der Waals surface area contributed by atoms with E-state index in [0.717, 1.165) is 37.0 Å². The first-order valence-electron chi connectivity index (χ1n) is 12.2. The standard InChI is InChI=1S/C27H36O3/c1-17(28)21-10-11-23-22(21)12-13-25-24(23)9-8-19-16-20(14-15-27(19,25)2)30-26(29)18-6-4-3-5-7-18/h3-7,19-25H,8-16H2,1-2H3/t19-,20+,21-,22-,23?,24?,25?,27+/m1/s1. The largest absolute Gasteiger partial charge is 0.459 e. The van der Waals surface area contributed by atoms with Gasteiger partial charge in [-0.3, -0.25) is 4.79 Å². The van der Waals surface area contributed by atoms with Crippen LogP contribution in [0.4, 0.5) is 0 Å². The smallest absolute Gasteiger partial charge is 0.338 e. The molecular formula is C27H36O3. The molecule has 3 nitrogen and oxygen atoms in total. The van der Waals surface area contributed by atoms with Gasteiger partial charge in [0.1, 0.15) is 11.9 Å². The van der Waals surface area contributed by atoms with E-state index in [9.17, 15) is 9.59 Å². The predicted octanol–water partition coefficient (Wildman–Crippen LogP) is 6.07. The number of carbonyl (C=O) groups is 2. The third-order valence-electron chi connectivity index (χ3n) is 9.74. The number of benzene rings is 1. The Morgan fingerprint density at radius 1 is 0.900 bits per heavy atom. The van der Waals surface area contributed by atoms with Crippen LogP contribution in [0.3, 0.4) is 0 Å². The Labute approximate surface area is 181 Å². The van der Waals surface area contributed by atoms with E-state index >= 15 is 0 Å². The highest BCUT2D eigenvalue weighted by molar-refractivity contribution is 5.89. The number of esters is 1. The second-order valence-corrected chi connectivity index (χ2v) is 10.9. The van der Waals surface area contributed by atoms with Crippen LogP contribution in [0, 0.1) is 40.9 Å². The number of carbonyl (C=O) groups excluding carboxylic acids is 2. The number of rotatable bonds is 3. The van der Waals surface area contributed by atoms with E-state index in [4.69, 9.17) is 4.74 Å². The first kappa shape index (κ1) is 20.3. The SMILES string of the molecule is CC(=O)[C@H]1CCC2C3CC[C@@H]4C[C@@H](OC(=O)c5ccccc5)CC[C@]4(C)C3CC[C@@H]21. The number of ketones is 1. The van der Waals surface area contributed by atoms with Gasteiger partial charge in [0.15, 0.2) is 0 Å². The molecule has 4 saturated carbocycles. The van der Waals surface area contributed by atoms with Crippen LogP contribution in [0.5, 0.6) is 0 Å². The monoisotopic (exact) mass is 408 g/mol. The number of hydrogen-bond acceptors (Lipinski definition) is 3. The fourth-order valence-electron chi connectivity index (χ4n) is 8.28. The predicted molar refractivity (Wildman–Crippen MR) is 117 cm³/mol. The van der Waals surface area contributed by atoms with E-state index in [0.29, 0.717) is 34.5 Å². The highest BCUT2D eigenvalue weighted by Gasteiger charge is 2.57. The zero-order valence-corrected chi connectivity index (χ0v) is 18.5. The summed E-state index contributed by atoms with van der Waals surface area (Å²) in [6, 6.07) is 9.40. The summed E-state index contributed by atoms with van der Waals surface area (Å²) in [7, 11) is 0. The van der Waals surface area contributed by atoms with Crippen LogP contribution >= 0.6 is 0 Å². The summed E-state index contributed by atoms with van der Waals surface area (Å²) >= 11 is 0. The summed E-state index contributed by atoms with van der Waals surface area (Å²) in [5, 5.41) is 0. The Balaban J connectivity index is 1.26. The van der Waals surface area contributed by atoms with Gasteiger partial charge in [0.05, 0.1) is 5.56 Å². The molecule has 0 N–H and O–H groups in total. The average Bonchev–Trinajstić information content (AvgIpc) is 3.19. The van der Waals surface area contributed by atoms with Gasteiger partial charge in [-0.1, -0.05) is 25.1 Å². The third kappa shape index (κ3) is 3.33. The first-order chi connectivity index (χ1) is 14.5. The van der Waals surface area contributed by atoms with Gasteiger partial charge < -0.3 is 4.74 Å². The normalized spacial score (nSPS) is 42.5. The second kappa shape index (κ2) is 7.80. The molecular weight excluding hydrogens is 372 g/mol. The maximum atomic E-state index is 12.5. The Bertz CT molecular complexity index is 802. The second-order valence-electron chi connectivity index (χ2n) is 10.9. The van der Waals surface area contributed by atoms with E-state index in [1.54, 1.807) is 0 Å². The van der Waals surface area contributed by atoms with Crippen LogP contribution in [0.25, 0.3) is 0 Å². The number of ether oxygens (including phenoxy) is 1. The van der Waals surface area contributed by atoms with Crippen LogP contribution in [-0.2, 0) is 9.53 Å². The molecule has 3 heteroatoms. The Hall–Kier alpha value is -1.64. The van der Waals surface area contributed by atoms with E-state index in [1.165, 1.54) is 38.5 Å². The van der Waals surface area contributed by atoms with Gasteiger partial charge in [-0.2, -0.15) is 0 Å². The van der Waals surface area contributed by atoms with Crippen molar-refractivity contribution in [3.8, 4) is 0 Å². The van der Waals surface area contributed by atoms with Crippen molar-refractivity contribution in [2.75, 3.05) is 0 Å². The molecule has 0 aliphatic heterocycles. The number of hydrogen-bond donors (Lipinski definition) is 0. The van der Waals surface area contributed by atoms with Crippen LogP contribution in [0.1, 0.15) is 82.0 Å². The highest BCUT2D eigenvalue weighted by Crippen LogP contribution is 2.64. The summed E-state index contributed by atoms with van der Waals surface area (Å²) in [5.74, 6) is 4.33. The van der Waals surface area contributed by atoms with Gasteiger partial charge in [0, 0.05) is 5.92 Å². The molecule has 30 heavy (non-hydrogen) atoms. The molecule has 0 heterocycles. The summed E-state index contributed by atoms with van der Waals surface area (Å²) in [4.78, 5) is 24.7. The van der Waals surface area contributed by atoms with Crippen LogP contribution < -0.4 is 0 Å². The summed E-state index contributed by atoms with van der Waals surface area (Å²) in [6.45, 7) is 4.36. The molecule has 0 amide bonds.